The van der Waals surface area contributed by atoms with Gasteiger partial charge in [0.25, 0.3) is 0 Å². The summed E-state index contributed by atoms with van der Waals surface area (Å²) in [6.45, 7) is 0.289. The minimum atomic E-state index is -0.558. The van der Waals surface area contributed by atoms with Gasteiger partial charge < -0.3 is 15.2 Å². The van der Waals surface area contributed by atoms with E-state index < -0.39 is 6.09 Å². The molecule has 4 rings (SSSR count). The van der Waals surface area contributed by atoms with Gasteiger partial charge in [0.15, 0.2) is 6.29 Å². The first-order valence-electron chi connectivity index (χ1n) is 9.54. The van der Waals surface area contributed by atoms with Crippen molar-refractivity contribution in [2.45, 2.75) is 5.92 Å². The number of aromatic hydroxyl groups is 1. The number of alkyl carbamates (subject to hydrolysis) is 1. The van der Waals surface area contributed by atoms with E-state index in [0.29, 0.717) is 11.8 Å². The topological polar surface area (TPSA) is 75.6 Å². The molecule has 2 N–H and O–H groups in total. The number of ether oxygens (including phenoxy) is 1. The molecule has 0 atom stereocenters. The molecule has 0 aromatic heterocycles. The summed E-state index contributed by atoms with van der Waals surface area (Å²) in [6.07, 6.45) is 0.00662. The Balaban J connectivity index is 1.36. The van der Waals surface area contributed by atoms with Crippen LogP contribution >= 0.6 is 0 Å². The fourth-order valence-corrected chi connectivity index (χ4v) is 3.66. The van der Waals surface area contributed by atoms with Crippen LogP contribution in [0.1, 0.15) is 33.0 Å². The lowest BCUT2D eigenvalue weighted by Crippen LogP contribution is -2.26. The number of hydrogen-bond acceptors (Lipinski definition) is 4. The first-order valence-corrected chi connectivity index (χ1v) is 9.54. The highest BCUT2D eigenvalue weighted by molar-refractivity contribution is 5.81. The van der Waals surface area contributed by atoms with Gasteiger partial charge in [-0.25, -0.2) is 4.79 Å². The zero-order valence-electron chi connectivity index (χ0n) is 16.1. The maximum Gasteiger partial charge on any atom is 0.407 e. The van der Waals surface area contributed by atoms with Crippen LogP contribution in [0.2, 0.25) is 0 Å². The number of carbonyl (C=O) groups excluding carboxylic acids is 2. The number of benzene rings is 3. The van der Waals surface area contributed by atoms with Crippen molar-refractivity contribution >= 4 is 12.4 Å². The molecule has 0 fully saturated rings. The molecule has 5 nitrogen and oxygen atoms in total. The molecule has 1 amide bonds. The normalized spacial score (nSPS) is 11.6. The fourth-order valence-electron chi connectivity index (χ4n) is 3.66. The third-order valence-electron chi connectivity index (χ3n) is 5.08. The van der Waals surface area contributed by atoms with Gasteiger partial charge in [0.1, 0.15) is 12.4 Å². The molecule has 148 valence electrons. The van der Waals surface area contributed by atoms with E-state index in [1.807, 2.05) is 24.3 Å². The van der Waals surface area contributed by atoms with Crippen LogP contribution in [0, 0.1) is 11.8 Å². The van der Waals surface area contributed by atoms with Crippen LogP contribution in [0.25, 0.3) is 11.1 Å². The Labute approximate surface area is 174 Å². The average molecular weight is 397 g/mol. The third kappa shape index (κ3) is 3.76. The van der Waals surface area contributed by atoms with Gasteiger partial charge in [-0.2, -0.15) is 0 Å². The highest BCUT2D eigenvalue weighted by atomic mass is 16.5. The quantitative estimate of drug-likeness (QED) is 0.514. The predicted molar refractivity (Wildman–Crippen MR) is 113 cm³/mol. The SMILES string of the molecule is O=Cc1cccc(C#CCNC(=O)OCC2c3ccccc3-c3ccccc32)c1O. The van der Waals surface area contributed by atoms with Crippen molar-refractivity contribution in [3.63, 3.8) is 0 Å². The van der Waals surface area contributed by atoms with Crippen molar-refractivity contribution < 1.29 is 19.4 Å². The number of fused-ring (bicyclic) bond motifs is 3. The number of phenols is 1. The van der Waals surface area contributed by atoms with Gasteiger partial charge in [-0.3, -0.25) is 4.79 Å². The van der Waals surface area contributed by atoms with Crippen LogP contribution in [0.4, 0.5) is 4.79 Å². The van der Waals surface area contributed by atoms with Gasteiger partial charge in [0.2, 0.25) is 0 Å². The number of nitrogens with one attached hydrogen (secondary N) is 1. The summed E-state index contributed by atoms with van der Waals surface area (Å²) in [5.74, 6) is 5.32. The smallest absolute Gasteiger partial charge is 0.407 e. The third-order valence-corrected chi connectivity index (χ3v) is 5.08. The summed E-state index contributed by atoms with van der Waals surface area (Å²) in [5, 5.41) is 12.5. The number of carbonyl (C=O) groups is 2. The molecule has 0 unspecified atom stereocenters. The summed E-state index contributed by atoms with van der Waals surface area (Å²) in [6, 6.07) is 21.0. The van der Waals surface area contributed by atoms with Gasteiger partial charge >= 0.3 is 6.09 Å². The Hall–Kier alpha value is -4.04. The number of aldehydes is 1. The maximum absolute atomic E-state index is 12.1. The van der Waals surface area contributed by atoms with Crippen LogP contribution in [-0.4, -0.2) is 30.6 Å². The molecule has 0 spiro atoms. The molecule has 1 aliphatic rings. The van der Waals surface area contributed by atoms with Crippen molar-refractivity contribution in [3.05, 3.63) is 89.0 Å². The van der Waals surface area contributed by atoms with Gasteiger partial charge in [0.05, 0.1) is 17.7 Å². The predicted octanol–water partition coefficient (Wildman–Crippen LogP) is 4.09. The van der Waals surface area contributed by atoms with Gasteiger partial charge in [0, 0.05) is 5.92 Å². The summed E-state index contributed by atoms with van der Waals surface area (Å²) >= 11 is 0. The lowest BCUT2D eigenvalue weighted by Gasteiger charge is -2.14. The average Bonchev–Trinajstić information content (AvgIpc) is 3.10. The second-order valence-corrected chi connectivity index (χ2v) is 6.84. The molecule has 0 aliphatic heterocycles. The zero-order valence-corrected chi connectivity index (χ0v) is 16.1. The van der Waals surface area contributed by atoms with Crippen molar-refractivity contribution in [3.8, 4) is 28.7 Å². The second kappa shape index (κ2) is 8.54. The summed E-state index contributed by atoms with van der Waals surface area (Å²) in [7, 11) is 0. The fraction of sp³-hybridized carbons (Fsp3) is 0.120. The van der Waals surface area contributed by atoms with Crippen LogP contribution in [-0.2, 0) is 4.74 Å². The van der Waals surface area contributed by atoms with E-state index in [4.69, 9.17) is 4.74 Å². The van der Waals surface area contributed by atoms with E-state index in [1.54, 1.807) is 12.1 Å². The van der Waals surface area contributed by atoms with E-state index in [9.17, 15) is 14.7 Å². The Morgan fingerprint density at radius 2 is 1.67 bits per heavy atom. The number of hydrogen-bond donors (Lipinski definition) is 2. The van der Waals surface area contributed by atoms with E-state index in [0.717, 1.165) is 11.1 Å². The standard InChI is InChI=1S/C25H19NO4/c27-15-18-8-5-7-17(24(18)28)9-6-14-26-25(29)30-16-23-21-12-3-1-10-19(21)20-11-2-4-13-22(20)23/h1-5,7-8,10-13,15,23,28H,14,16H2,(H,26,29). The lowest BCUT2D eigenvalue weighted by molar-refractivity contribution is 0.112. The molecule has 5 heteroatoms. The molecule has 1 aliphatic carbocycles. The number of rotatable bonds is 4. The van der Waals surface area contributed by atoms with Crippen molar-refractivity contribution in [2.75, 3.05) is 13.2 Å². The highest BCUT2D eigenvalue weighted by Crippen LogP contribution is 2.44. The first-order chi connectivity index (χ1) is 14.7. The largest absolute Gasteiger partial charge is 0.506 e. The van der Waals surface area contributed by atoms with Gasteiger partial charge in [-0.05, 0) is 34.4 Å². The van der Waals surface area contributed by atoms with Crippen LogP contribution < -0.4 is 5.32 Å². The maximum atomic E-state index is 12.1. The molecule has 0 saturated heterocycles. The van der Waals surface area contributed by atoms with E-state index in [1.165, 1.54) is 17.2 Å². The Bertz CT molecular complexity index is 1130. The van der Waals surface area contributed by atoms with Crippen LogP contribution in [0.3, 0.4) is 0 Å². The van der Waals surface area contributed by atoms with Crippen LogP contribution in [0.5, 0.6) is 5.75 Å². The van der Waals surface area contributed by atoms with Gasteiger partial charge in [-0.1, -0.05) is 66.4 Å². The van der Waals surface area contributed by atoms with Crippen molar-refractivity contribution in [1.82, 2.24) is 5.32 Å². The van der Waals surface area contributed by atoms with E-state index in [-0.39, 0.29) is 30.4 Å². The second-order valence-electron chi connectivity index (χ2n) is 6.84. The molecule has 0 heterocycles. The molecule has 0 radical (unpaired) electrons. The first kappa shape index (κ1) is 19.3. The van der Waals surface area contributed by atoms with E-state index >= 15 is 0 Å². The Morgan fingerprint density at radius 1 is 1.00 bits per heavy atom. The summed E-state index contributed by atoms with van der Waals surface area (Å²) in [4.78, 5) is 23.0. The molecular weight excluding hydrogens is 378 g/mol. The Kier molecular flexibility index (Phi) is 5.49. The molecular formula is C25H19NO4. The van der Waals surface area contributed by atoms with Gasteiger partial charge in [-0.15, -0.1) is 0 Å². The molecule has 3 aromatic rings. The number of para-hydroxylation sites is 1. The number of amides is 1. The molecule has 0 saturated carbocycles. The van der Waals surface area contributed by atoms with Crippen molar-refractivity contribution in [1.29, 1.82) is 0 Å². The number of phenolic OH excluding ortho intramolecular Hbond substituents is 1. The molecule has 3 aromatic carbocycles. The van der Waals surface area contributed by atoms with Crippen LogP contribution in [0.15, 0.2) is 66.7 Å². The van der Waals surface area contributed by atoms with Crippen molar-refractivity contribution in [2.24, 2.45) is 0 Å². The summed E-state index contributed by atoms with van der Waals surface area (Å²) in [5.41, 5.74) is 5.14. The minimum absolute atomic E-state index is 0.00253. The monoisotopic (exact) mass is 397 g/mol. The molecule has 30 heavy (non-hydrogen) atoms. The highest BCUT2D eigenvalue weighted by Gasteiger charge is 2.28. The minimum Gasteiger partial charge on any atom is -0.506 e. The lowest BCUT2D eigenvalue weighted by atomic mass is 9.98. The molecule has 0 bridgehead atoms. The Morgan fingerprint density at radius 3 is 2.33 bits per heavy atom. The van der Waals surface area contributed by atoms with E-state index in [2.05, 4.69) is 41.4 Å². The summed E-state index contributed by atoms with van der Waals surface area (Å²) < 4.78 is 5.44. The zero-order chi connectivity index (χ0) is 20.9.